The summed E-state index contributed by atoms with van der Waals surface area (Å²) < 4.78 is 11.0. The first-order valence-corrected chi connectivity index (χ1v) is 8.14. The maximum Gasteiger partial charge on any atom is 0.259 e. The van der Waals surface area contributed by atoms with Crippen LogP contribution in [0.4, 0.5) is 0 Å². The summed E-state index contributed by atoms with van der Waals surface area (Å²) in [5, 5.41) is 21.1. The molecule has 1 aliphatic rings. The summed E-state index contributed by atoms with van der Waals surface area (Å²) in [6, 6.07) is 9.07. The summed E-state index contributed by atoms with van der Waals surface area (Å²) in [6.45, 7) is 2.06. The Morgan fingerprint density at radius 3 is 2.58 bits per heavy atom. The zero-order chi connectivity index (χ0) is 17.4. The first-order chi connectivity index (χ1) is 11.6. The molecule has 24 heavy (non-hydrogen) atoms. The number of nitriles is 2. The van der Waals surface area contributed by atoms with E-state index < -0.39 is 5.54 Å². The molecule has 0 heterocycles. The Labute approximate surface area is 142 Å². The van der Waals surface area contributed by atoms with Gasteiger partial charge in [-0.2, -0.15) is 10.5 Å². The van der Waals surface area contributed by atoms with Crippen molar-refractivity contribution in [2.24, 2.45) is 0 Å². The summed E-state index contributed by atoms with van der Waals surface area (Å²) in [7, 11) is 0. The fourth-order valence-electron chi connectivity index (χ4n) is 2.83. The highest BCUT2D eigenvalue weighted by Crippen LogP contribution is 2.29. The average molecular weight is 327 g/mol. The van der Waals surface area contributed by atoms with Gasteiger partial charge in [0.2, 0.25) is 0 Å². The quantitative estimate of drug-likeness (QED) is 0.866. The van der Waals surface area contributed by atoms with Crippen LogP contribution < -0.4 is 14.8 Å². The van der Waals surface area contributed by atoms with E-state index in [1.165, 1.54) is 0 Å². The van der Waals surface area contributed by atoms with Crippen molar-refractivity contribution in [3.05, 3.63) is 23.8 Å². The van der Waals surface area contributed by atoms with Gasteiger partial charge in [-0.3, -0.25) is 4.79 Å². The Bertz CT molecular complexity index is 667. The van der Waals surface area contributed by atoms with Crippen LogP contribution in [0.5, 0.6) is 11.5 Å². The van der Waals surface area contributed by atoms with Crippen LogP contribution in [0.15, 0.2) is 18.2 Å². The lowest BCUT2D eigenvalue weighted by Gasteiger charge is -2.31. The van der Waals surface area contributed by atoms with Gasteiger partial charge in [0.1, 0.15) is 5.54 Å². The van der Waals surface area contributed by atoms with Crippen LogP contribution in [0.1, 0.15) is 44.6 Å². The highest BCUT2D eigenvalue weighted by atomic mass is 16.5. The zero-order valence-corrected chi connectivity index (χ0v) is 13.8. The molecule has 1 amide bonds. The lowest BCUT2D eigenvalue weighted by Crippen LogP contribution is -2.50. The third-order valence-corrected chi connectivity index (χ3v) is 4.03. The minimum absolute atomic E-state index is 0.199. The van der Waals surface area contributed by atoms with Crippen LogP contribution in [-0.4, -0.2) is 24.7 Å². The van der Waals surface area contributed by atoms with Crippen LogP contribution in [0.25, 0.3) is 0 Å². The molecule has 126 valence electrons. The monoisotopic (exact) mass is 327 g/mol. The Morgan fingerprint density at radius 1 is 1.21 bits per heavy atom. The smallest absolute Gasteiger partial charge is 0.259 e. The lowest BCUT2D eigenvalue weighted by molar-refractivity contribution is -0.124. The van der Waals surface area contributed by atoms with Crippen molar-refractivity contribution >= 4 is 5.91 Å². The molecule has 0 aromatic heterocycles. The van der Waals surface area contributed by atoms with E-state index in [9.17, 15) is 10.1 Å². The van der Waals surface area contributed by atoms with Gasteiger partial charge >= 0.3 is 0 Å². The van der Waals surface area contributed by atoms with Crippen molar-refractivity contribution in [1.29, 1.82) is 10.5 Å². The molecule has 0 radical (unpaired) electrons. The van der Waals surface area contributed by atoms with E-state index in [0.717, 1.165) is 19.3 Å². The molecule has 1 aliphatic carbocycles. The van der Waals surface area contributed by atoms with Gasteiger partial charge in [-0.1, -0.05) is 19.3 Å². The molecular weight excluding hydrogens is 306 g/mol. The number of carbonyl (C=O) groups excluding carboxylic acids is 1. The van der Waals surface area contributed by atoms with Gasteiger partial charge in [0.15, 0.2) is 18.1 Å². The summed E-state index contributed by atoms with van der Waals surface area (Å²) in [4.78, 5) is 12.2. The molecule has 6 heteroatoms. The van der Waals surface area contributed by atoms with Crippen molar-refractivity contribution in [1.82, 2.24) is 5.32 Å². The van der Waals surface area contributed by atoms with Crippen molar-refractivity contribution < 1.29 is 14.3 Å². The molecule has 2 rings (SSSR count). The number of hydrogen-bond donors (Lipinski definition) is 1. The van der Waals surface area contributed by atoms with Crippen molar-refractivity contribution in [2.75, 3.05) is 13.2 Å². The van der Waals surface area contributed by atoms with E-state index in [1.54, 1.807) is 18.2 Å². The van der Waals surface area contributed by atoms with Gasteiger partial charge in [-0.15, -0.1) is 0 Å². The Hall–Kier alpha value is -2.73. The van der Waals surface area contributed by atoms with E-state index in [0.29, 0.717) is 36.5 Å². The summed E-state index contributed by atoms with van der Waals surface area (Å²) in [5.41, 5.74) is -0.313. The number of nitrogens with one attached hydrogen (secondary N) is 1. The van der Waals surface area contributed by atoms with Gasteiger partial charge in [0, 0.05) is 6.07 Å². The number of nitrogens with zero attached hydrogens (tertiary/aromatic N) is 2. The Kier molecular flexibility index (Phi) is 6.03. The molecule has 1 fully saturated rings. The number of rotatable bonds is 6. The predicted octanol–water partition coefficient (Wildman–Crippen LogP) is 2.68. The number of ether oxygens (including phenoxy) is 2. The summed E-state index contributed by atoms with van der Waals surface area (Å²) >= 11 is 0. The SMILES string of the molecule is CCOc1cc(C#N)ccc1OCC(=O)NC1(C#N)CCCCC1. The van der Waals surface area contributed by atoms with Gasteiger partial charge in [0.05, 0.1) is 24.3 Å². The average Bonchev–Trinajstić information content (AvgIpc) is 2.61. The number of benzene rings is 1. The maximum absolute atomic E-state index is 12.2. The molecule has 0 spiro atoms. The Balaban J connectivity index is 1.99. The molecule has 6 nitrogen and oxygen atoms in total. The second kappa shape index (κ2) is 8.21. The van der Waals surface area contributed by atoms with Crippen LogP contribution in [0, 0.1) is 22.7 Å². The molecule has 0 saturated heterocycles. The van der Waals surface area contributed by atoms with Crippen molar-refractivity contribution in [2.45, 2.75) is 44.6 Å². The molecule has 0 bridgehead atoms. The highest BCUT2D eigenvalue weighted by molar-refractivity contribution is 5.79. The van der Waals surface area contributed by atoms with E-state index in [4.69, 9.17) is 14.7 Å². The molecule has 0 atom stereocenters. The third-order valence-electron chi connectivity index (χ3n) is 4.03. The Morgan fingerprint density at radius 2 is 1.96 bits per heavy atom. The standard InChI is InChI=1S/C18H21N3O3/c1-2-23-16-10-14(11-19)6-7-15(16)24-12-17(22)21-18(13-20)8-4-3-5-9-18/h6-7,10H,2-5,8-9,12H2,1H3,(H,21,22). The van der Waals surface area contributed by atoms with Crippen LogP contribution in [-0.2, 0) is 4.79 Å². The van der Waals surface area contributed by atoms with Gasteiger partial charge in [-0.25, -0.2) is 0 Å². The van der Waals surface area contributed by atoms with Crippen molar-refractivity contribution in [3.63, 3.8) is 0 Å². The van der Waals surface area contributed by atoms with E-state index in [2.05, 4.69) is 11.4 Å². The molecule has 1 saturated carbocycles. The molecule has 1 N–H and O–H groups in total. The highest BCUT2D eigenvalue weighted by Gasteiger charge is 2.33. The summed E-state index contributed by atoms with van der Waals surface area (Å²) in [6.07, 6.45) is 4.34. The fraction of sp³-hybridized carbons (Fsp3) is 0.500. The minimum Gasteiger partial charge on any atom is -0.490 e. The normalized spacial score (nSPS) is 15.6. The fourth-order valence-corrected chi connectivity index (χ4v) is 2.83. The largest absolute Gasteiger partial charge is 0.490 e. The van der Waals surface area contributed by atoms with E-state index in [1.807, 2.05) is 13.0 Å². The van der Waals surface area contributed by atoms with E-state index in [-0.39, 0.29) is 12.5 Å². The number of carbonyl (C=O) groups is 1. The maximum atomic E-state index is 12.2. The van der Waals surface area contributed by atoms with Crippen LogP contribution in [0.3, 0.4) is 0 Å². The number of hydrogen-bond acceptors (Lipinski definition) is 5. The lowest BCUT2D eigenvalue weighted by atomic mass is 9.83. The third kappa shape index (κ3) is 4.39. The van der Waals surface area contributed by atoms with Crippen molar-refractivity contribution in [3.8, 4) is 23.6 Å². The first kappa shape index (κ1) is 17.6. The van der Waals surface area contributed by atoms with E-state index >= 15 is 0 Å². The zero-order valence-electron chi connectivity index (χ0n) is 13.8. The molecule has 1 aromatic rings. The topological polar surface area (TPSA) is 95.1 Å². The minimum atomic E-state index is -0.772. The van der Waals surface area contributed by atoms with Crippen LogP contribution >= 0.6 is 0 Å². The molecular formula is C18H21N3O3. The van der Waals surface area contributed by atoms with Gasteiger partial charge in [-0.05, 0) is 31.9 Å². The molecule has 1 aromatic carbocycles. The van der Waals surface area contributed by atoms with Crippen LogP contribution in [0.2, 0.25) is 0 Å². The number of amides is 1. The van der Waals surface area contributed by atoms with Gasteiger partial charge < -0.3 is 14.8 Å². The first-order valence-electron chi connectivity index (χ1n) is 8.14. The summed E-state index contributed by atoms with van der Waals surface area (Å²) in [5.74, 6) is 0.503. The second-order valence-corrected chi connectivity index (χ2v) is 5.80. The van der Waals surface area contributed by atoms with Gasteiger partial charge in [0.25, 0.3) is 5.91 Å². The molecule has 0 unspecified atom stereocenters. The molecule has 0 aliphatic heterocycles. The predicted molar refractivity (Wildman–Crippen MR) is 87.4 cm³/mol. The second-order valence-electron chi connectivity index (χ2n) is 5.80.